The van der Waals surface area contributed by atoms with E-state index in [-0.39, 0.29) is 0 Å². The Hall–Kier alpha value is -1.68. The molecule has 0 radical (unpaired) electrons. The van der Waals surface area contributed by atoms with Gasteiger partial charge in [-0.1, -0.05) is 12.1 Å². The number of aldehydes is 1. The van der Waals surface area contributed by atoms with Crippen LogP contribution in [0.3, 0.4) is 0 Å². The molecule has 0 spiro atoms. The molecule has 88 valence electrons. The molecule has 2 aromatic rings. The first-order chi connectivity index (χ1) is 8.20. The number of carbonyl (C=O) groups is 1. The first-order valence-electron chi connectivity index (χ1n) is 5.29. The molecule has 1 aromatic carbocycles. The normalized spacial score (nSPS) is 10.2. The van der Waals surface area contributed by atoms with Gasteiger partial charge in [0, 0.05) is 6.20 Å². The van der Waals surface area contributed by atoms with Crippen molar-refractivity contribution in [3.63, 3.8) is 0 Å². The van der Waals surface area contributed by atoms with Gasteiger partial charge in [0.15, 0.2) is 6.29 Å². The topological polar surface area (TPSA) is 39.2 Å². The summed E-state index contributed by atoms with van der Waals surface area (Å²) in [5.74, 6) is 0.661. The van der Waals surface area contributed by atoms with Crippen LogP contribution in [0.25, 0.3) is 0 Å². The van der Waals surface area contributed by atoms with Crippen LogP contribution >= 0.6 is 11.3 Å². The van der Waals surface area contributed by atoms with Crippen LogP contribution in [0, 0.1) is 13.8 Å². The zero-order valence-corrected chi connectivity index (χ0v) is 10.6. The van der Waals surface area contributed by atoms with E-state index < -0.39 is 0 Å². The molecule has 0 N–H and O–H groups in total. The van der Waals surface area contributed by atoms with Crippen molar-refractivity contribution in [1.29, 1.82) is 0 Å². The molecule has 0 atom stereocenters. The maximum absolute atomic E-state index is 10.9. The molecule has 0 saturated heterocycles. The number of hydrogen-bond donors (Lipinski definition) is 0. The molecule has 0 aliphatic rings. The largest absolute Gasteiger partial charge is 0.487 e. The summed E-state index contributed by atoms with van der Waals surface area (Å²) in [6.45, 7) is 4.34. The van der Waals surface area contributed by atoms with Gasteiger partial charge in [-0.25, -0.2) is 4.98 Å². The third-order valence-corrected chi connectivity index (χ3v) is 3.28. The van der Waals surface area contributed by atoms with Crippen LogP contribution in [0.5, 0.6) is 5.75 Å². The average molecular weight is 247 g/mol. The van der Waals surface area contributed by atoms with E-state index in [9.17, 15) is 4.79 Å². The van der Waals surface area contributed by atoms with Crippen LogP contribution < -0.4 is 4.74 Å². The molecule has 0 bridgehead atoms. The second-order valence-electron chi connectivity index (χ2n) is 3.75. The zero-order chi connectivity index (χ0) is 12.3. The summed E-state index contributed by atoms with van der Waals surface area (Å²) < 4.78 is 5.70. The minimum atomic E-state index is 0.456. The minimum absolute atomic E-state index is 0.456. The number of carbonyl (C=O) groups excluding carboxylic acids is 1. The molecule has 0 aliphatic carbocycles. The first kappa shape index (κ1) is 11.8. The van der Waals surface area contributed by atoms with Crippen LogP contribution in [0.1, 0.15) is 25.8 Å². The van der Waals surface area contributed by atoms with Crippen molar-refractivity contribution in [2.24, 2.45) is 0 Å². The predicted molar refractivity (Wildman–Crippen MR) is 67.7 cm³/mol. The van der Waals surface area contributed by atoms with Crippen LogP contribution in [0.15, 0.2) is 24.4 Å². The van der Waals surface area contributed by atoms with Crippen molar-refractivity contribution in [1.82, 2.24) is 4.98 Å². The van der Waals surface area contributed by atoms with Gasteiger partial charge in [-0.2, -0.15) is 0 Å². The Balaban J connectivity index is 2.16. The van der Waals surface area contributed by atoms with E-state index in [2.05, 4.69) is 4.98 Å². The molecule has 1 aromatic heterocycles. The third kappa shape index (κ3) is 2.71. The highest BCUT2D eigenvalue weighted by molar-refractivity contribution is 7.11. The molecular weight excluding hydrogens is 234 g/mol. The van der Waals surface area contributed by atoms with Gasteiger partial charge in [0.1, 0.15) is 12.4 Å². The SMILES string of the molecule is Cc1ncc(COc2c(C)cccc2C=O)s1. The Morgan fingerprint density at radius 3 is 2.88 bits per heavy atom. The number of thiazole rings is 1. The fourth-order valence-electron chi connectivity index (χ4n) is 1.58. The number of aromatic nitrogens is 1. The van der Waals surface area contributed by atoms with Gasteiger partial charge in [-0.05, 0) is 25.5 Å². The van der Waals surface area contributed by atoms with E-state index in [0.29, 0.717) is 17.9 Å². The number of aryl methyl sites for hydroxylation is 2. The second-order valence-corrected chi connectivity index (χ2v) is 5.06. The molecule has 0 aliphatic heterocycles. The molecule has 3 nitrogen and oxygen atoms in total. The van der Waals surface area contributed by atoms with E-state index in [1.807, 2.05) is 26.0 Å². The van der Waals surface area contributed by atoms with Crippen molar-refractivity contribution >= 4 is 17.6 Å². The zero-order valence-electron chi connectivity index (χ0n) is 9.77. The van der Waals surface area contributed by atoms with Gasteiger partial charge in [-0.3, -0.25) is 4.79 Å². The minimum Gasteiger partial charge on any atom is -0.487 e. The van der Waals surface area contributed by atoms with E-state index >= 15 is 0 Å². The quantitative estimate of drug-likeness (QED) is 0.779. The lowest BCUT2D eigenvalue weighted by Gasteiger charge is -2.09. The summed E-state index contributed by atoms with van der Waals surface area (Å²) in [4.78, 5) is 16.1. The lowest BCUT2D eigenvalue weighted by atomic mass is 10.1. The number of nitrogens with zero attached hydrogens (tertiary/aromatic N) is 1. The molecule has 1 heterocycles. The number of para-hydroxylation sites is 1. The van der Waals surface area contributed by atoms with Gasteiger partial charge in [0.2, 0.25) is 0 Å². The van der Waals surface area contributed by atoms with Crippen molar-refractivity contribution in [2.45, 2.75) is 20.5 Å². The molecule has 2 rings (SSSR count). The summed E-state index contributed by atoms with van der Waals surface area (Å²) in [5.41, 5.74) is 1.56. The van der Waals surface area contributed by atoms with Gasteiger partial charge >= 0.3 is 0 Å². The van der Waals surface area contributed by atoms with E-state index in [1.165, 1.54) is 0 Å². The van der Waals surface area contributed by atoms with Crippen LogP contribution in [-0.4, -0.2) is 11.3 Å². The smallest absolute Gasteiger partial charge is 0.153 e. The molecule has 0 saturated carbocycles. The highest BCUT2D eigenvalue weighted by Gasteiger charge is 2.07. The van der Waals surface area contributed by atoms with Crippen molar-refractivity contribution < 1.29 is 9.53 Å². The number of ether oxygens (including phenoxy) is 1. The summed E-state index contributed by atoms with van der Waals surface area (Å²) in [6, 6.07) is 5.54. The third-order valence-electron chi connectivity index (χ3n) is 2.40. The van der Waals surface area contributed by atoms with Gasteiger partial charge in [0.05, 0.1) is 15.4 Å². The summed E-state index contributed by atoms with van der Waals surface area (Å²) >= 11 is 1.60. The first-order valence-corrected chi connectivity index (χ1v) is 6.11. The Morgan fingerprint density at radius 1 is 1.41 bits per heavy atom. The lowest BCUT2D eigenvalue weighted by Crippen LogP contribution is -1.98. The van der Waals surface area contributed by atoms with Gasteiger partial charge < -0.3 is 4.74 Å². The highest BCUT2D eigenvalue weighted by Crippen LogP contribution is 2.24. The molecule has 4 heteroatoms. The standard InChI is InChI=1S/C13H13NO2S/c1-9-4-3-5-11(7-15)13(9)16-8-12-6-14-10(2)17-12/h3-7H,8H2,1-2H3. The van der Waals surface area contributed by atoms with Crippen molar-refractivity contribution in [3.05, 3.63) is 45.4 Å². The van der Waals surface area contributed by atoms with E-state index in [1.54, 1.807) is 23.6 Å². The average Bonchev–Trinajstić information content (AvgIpc) is 2.73. The Bertz CT molecular complexity index is 534. The predicted octanol–water partition coefficient (Wildman–Crippen LogP) is 3.15. The van der Waals surface area contributed by atoms with Gasteiger partial charge in [0.25, 0.3) is 0 Å². The van der Waals surface area contributed by atoms with Gasteiger partial charge in [-0.15, -0.1) is 11.3 Å². The summed E-state index contributed by atoms with van der Waals surface area (Å²) in [7, 11) is 0. The van der Waals surface area contributed by atoms with E-state index in [4.69, 9.17) is 4.74 Å². The molecular formula is C13H13NO2S. The molecule has 0 amide bonds. The Kier molecular flexibility index (Phi) is 3.54. The van der Waals surface area contributed by atoms with E-state index in [0.717, 1.165) is 21.7 Å². The summed E-state index contributed by atoms with van der Waals surface area (Å²) in [6.07, 6.45) is 2.62. The fraction of sp³-hybridized carbons (Fsp3) is 0.231. The lowest BCUT2D eigenvalue weighted by molar-refractivity contribution is 0.111. The maximum atomic E-state index is 10.9. The highest BCUT2D eigenvalue weighted by atomic mass is 32.1. The second kappa shape index (κ2) is 5.10. The summed E-state index contributed by atoms with van der Waals surface area (Å²) in [5, 5.41) is 1.02. The fourth-order valence-corrected chi connectivity index (χ4v) is 2.29. The molecule has 0 unspecified atom stereocenters. The molecule has 17 heavy (non-hydrogen) atoms. The monoisotopic (exact) mass is 247 g/mol. The van der Waals surface area contributed by atoms with Crippen molar-refractivity contribution in [2.75, 3.05) is 0 Å². The van der Waals surface area contributed by atoms with Crippen LogP contribution in [0.2, 0.25) is 0 Å². The number of benzene rings is 1. The Morgan fingerprint density at radius 2 is 2.24 bits per heavy atom. The molecule has 0 fully saturated rings. The van der Waals surface area contributed by atoms with Crippen LogP contribution in [-0.2, 0) is 6.61 Å². The number of rotatable bonds is 4. The maximum Gasteiger partial charge on any atom is 0.153 e. The Labute approximate surface area is 104 Å². The van der Waals surface area contributed by atoms with Crippen LogP contribution in [0.4, 0.5) is 0 Å². The van der Waals surface area contributed by atoms with Crippen molar-refractivity contribution in [3.8, 4) is 5.75 Å². The number of hydrogen-bond acceptors (Lipinski definition) is 4.